The number of halogens is 6. The fraction of sp³-hybridized carbons (Fsp3) is 0.154. The summed E-state index contributed by atoms with van der Waals surface area (Å²) in [7, 11) is 0. The van der Waals surface area contributed by atoms with Crippen molar-refractivity contribution >= 4 is 23.2 Å². The van der Waals surface area contributed by atoms with Crippen molar-refractivity contribution in [3.8, 4) is 11.4 Å². The monoisotopic (exact) mass is 380 g/mol. The van der Waals surface area contributed by atoms with Gasteiger partial charge in [0.1, 0.15) is 11.0 Å². The van der Waals surface area contributed by atoms with Crippen LogP contribution in [0.4, 0.5) is 17.6 Å². The van der Waals surface area contributed by atoms with Crippen LogP contribution in [0.5, 0.6) is 0 Å². The average molecular weight is 381 g/mol. The molecule has 0 aliphatic heterocycles. The maximum absolute atomic E-state index is 14.2. The summed E-state index contributed by atoms with van der Waals surface area (Å²) in [5.74, 6) is -2.54. The highest BCUT2D eigenvalue weighted by Crippen LogP contribution is 2.30. The van der Waals surface area contributed by atoms with Crippen molar-refractivity contribution in [3.63, 3.8) is 0 Å². The molecule has 0 N–H and O–H groups in total. The van der Waals surface area contributed by atoms with Gasteiger partial charge in [-0.25, -0.2) is 9.37 Å². The van der Waals surface area contributed by atoms with Crippen LogP contribution in [0.15, 0.2) is 29.0 Å². The van der Waals surface area contributed by atoms with Gasteiger partial charge >= 0.3 is 12.1 Å². The van der Waals surface area contributed by atoms with Gasteiger partial charge in [0.25, 0.3) is 0 Å². The third kappa shape index (κ3) is 3.22. The molecule has 0 saturated carbocycles. The van der Waals surface area contributed by atoms with E-state index in [1.54, 1.807) is 0 Å². The van der Waals surface area contributed by atoms with E-state index in [4.69, 9.17) is 23.2 Å². The number of benzene rings is 1. The van der Waals surface area contributed by atoms with E-state index < -0.39 is 17.9 Å². The van der Waals surface area contributed by atoms with Crippen LogP contribution in [0.1, 0.15) is 11.5 Å². The second-order valence-corrected chi connectivity index (χ2v) is 5.40. The molecule has 0 aliphatic carbocycles. The molecule has 0 radical (unpaired) electrons. The van der Waals surface area contributed by atoms with Gasteiger partial charge in [-0.05, 0) is 6.07 Å². The minimum absolute atomic E-state index is 0.0463. The largest absolute Gasteiger partial charge is 0.471 e. The number of rotatable bonds is 3. The van der Waals surface area contributed by atoms with E-state index in [1.165, 1.54) is 23.0 Å². The van der Waals surface area contributed by atoms with E-state index >= 15 is 0 Å². The Hall–Kier alpha value is -2.13. The lowest BCUT2D eigenvalue weighted by Crippen LogP contribution is -2.05. The molecule has 11 heteroatoms. The van der Waals surface area contributed by atoms with E-state index in [-0.39, 0.29) is 33.8 Å². The topological polar surface area (TPSA) is 56.7 Å². The number of aromatic nitrogens is 4. The molecule has 2 heterocycles. The van der Waals surface area contributed by atoms with Crippen LogP contribution in [0, 0.1) is 5.82 Å². The van der Waals surface area contributed by atoms with Crippen LogP contribution < -0.4 is 0 Å². The first-order valence-corrected chi connectivity index (χ1v) is 7.07. The number of nitrogens with zero attached hydrogens (tertiary/aromatic N) is 4. The molecule has 126 valence electrons. The second-order valence-electron chi connectivity index (χ2n) is 4.68. The summed E-state index contributed by atoms with van der Waals surface area (Å²) < 4.78 is 57.0. The van der Waals surface area contributed by atoms with E-state index in [0.717, 1.165) is 6.07 Å². The third-order valence-electron chi connectivity index (χ3n) is 3.05. The molecule has 0 saturated heterocycles. The van der Waals surface area contributed by atoms with Gasteiger partial charge in [0.05, 0.1) is 12.9 Å². The smallest absolute Gasteiger partial charge is 0.329 e. The lowest BCUT2D eigenvalue weighted by Gasteiger charge is -2.06. The van der Waals surface area contributed by atoms with E-state index in [0.29, 0.717) is 0 Å². The fourth-order valence-electron chi connectivity index (χ4n) is 1.91. The van der Waals surface area contributed by atoms with Crippen molar-refractivity contribution in [2.24, 2.45) is 0 Å². The summed E-state index contributed by atoms with van der Waals surface area (Å²) in [5.41, 5.74) is 0.277. The molecule has 3 rings (SSSR count). The summed E-state index contributed by atoms with van der Waals surface area (Å²) in [6, 6.07) is 3.75. The highest BCUT2D eigenvalue weighted by atomic mass is 35.5. The number of hydrogen-bond donors (Lipinski definition) is 0. The summed E-state index contributed by atoms with van der Waals surface area (Å²) >= 11 is 11.6. The lowest BCUT2D eigenvalue weighted by atomic mass is 10.1. The quantitative estimate of drug-likeness (QED) is 0.630. The number of hydrogen-bond acceptors (Lipinski definition) is 4. The maximum Gasteiger partial charge on any atom is 0.471 e. The Kier molecular flexibility index (Phi) is 4.22. The van der Waals surface area contributed by atoms with Crippen molar-refractivity contribution in [2.45, 2.75) is 12.7 Å². The first kappa shape index (κ1) is 16.7. The van der Waals surface area contributed by atoms with Gasteiger partial charge in [-0.1, -0.05) is 40.5 Å². The molecule has 2 aromatic heterocycles. The zero-order valence-corrected chi connectivity index (χ0v) is 13.0. The molecule has 0 aliphatic rings. The molecule has 24 heavy (non-hydrogen) atoms. The van der Waals surface area contributed by atoms with Gasteiger partial charge in [0.15, 0.2) is 5.15 Å². The van der Waals surface area contributed by atoms with Crippen LogP contribution in [0.3, 0.4) is 0 Å². The van der Waals surface area contributed by atoms with E-state index in [9.17, 15) is 17.6 Å². The second kappa shape index (κ2) is 6.06. The minimum Gasteiger partial charge on any atom is -0.329 e. The van der Waals surface area contributed by atoms with Gasteiger partial charge in [-0.15, -0.1) is 0 Å². The molecule has 3 aromatic rings. The maximum atomic E-state index is 14.2. The SMILES string of the molecule is Fc1cc(-c2noc(C(F)(F)F)n2)ccc1Cn1cnc(Cl)c1Cl. The molecule has 0 atom stereocenters. The molecule has 0 fully saturated rings. The Balaban J connectivity index is 1.87. The van der Waals surface area contributed by atoms with Crippen LogP contribution in [0.2, 0.25) is 10.3 Å². The molecular formula is C13H6Cl2F4N4O. The molecular weight excluding hydrogens is 375 g/mol. The average Bonchev–Trinajstić information content (AvgIpc) is 3.11. The summed E-state index contributed by atoms with van der Waals surface area (Å²) in [5, 5.41) is 3.43. The van der Waals surface area contributed by atoms with Crippen molar-refractivity contribution < 1.29 is 22.1 Å². The van der Waals surface area contributed by atoms with Crippen LogP contribution in [-0.2, 0) is 12.7 Å². The lowest BCUT2D eigenvalue weighted by molar-refractivity contribution is -0.159. The minimum atomic E-state index is -4.76. The molecule has 5 nitrogen and oxygen atoms in total. The summed E-state index contributed by atoms with van der Waals surface area (Å²) in [6.45, 7) is 0.0463. The zero-order valence-electron chi connectivity index (χ0n) is 11.5. The Labute approximate surface area is 141 Å². The third-order valence-corrected chi connectivity index (χ3v) is 3.82. The first-order chi connectivity index (χ1) is 11.3. The molecule has 0 unspecified atom stereocenters. The van der Waals surface area contributed by atoms with Gasteiger partial charge in [-0.2, -0.15) is 18.2 Å². The molecule has 0 spiro atoms. The Bertz CT molecular complexity index is 890. The predicted molar refractivity (Wildman–Crippen MR) is 76.0 cm³/mol. The van der Waals surface area contributed by atoms with Gasteiger partial charge in [-0.3, -0.25) is 0 Å². The zero-order chi connectivity index (χ0) is 17.5. The van der Waals surface area contributed by atoms with E-state index in [1.807, 2.05) is 0 Å². The van der Waals surface area contributed by atoms with Crippen LogP contribution in [-0.4, -0.2) is 19.7 Å². The van der Waals surface area contributed by atoms with Crippen molar-refractivity contribution in [2.75, 3.05) is 0 Å². The normalized spacial score (nSPS) is 11.9. The van der Waals surface area contributed by atoms with Crippen molar-refractivity contribution in [1.82, 2.24) is 19.7 Å². The molecule has 0 bridgehead atoms. The Morgan fingerprint density at radius 2 is 1.96 bits per heavy atom. The number of alkyl halides is 3. The predicted octanol–water partition coefficient (Wildman–Crippen LogP) is 4.45. The summed E-state index contributed by atoms with van der Waals surface area (Å²) in [6.07, 6.45) is -3.42. The van der Waals surface area contributed by atoms with Crippen molar-refractivity contribution in [3.05, 3.63) is 52.1 Å². The number of imidazole rings is 1. The molecule has 0 amide bonds. The Morgan fingerprint density at radius 3 is 2.50 bits per heavy atom. The molecule has 1 aromatic carbocycles. The van der Waals surface area contributed by atoms with Gasteiger partial charge in [0.2, 0.25) is 5.82 Å². The van der Waals surface area contributed by atoms with Gasteiger partial charge in [0, 0.05) is 11.1 Å². The fourth-order valence-corrected chi connectivity index (χ4v) is 2.21. The standard InChI is InChI=1S/C13H6Cl2F4N4O/c14-9-10(15)23(5-20-9)4-7-2-1-6(3-8(7)16)11-21-12(24-22-11)13(17,18)19/h1-3,5H,4H2. The highest BCUT2D eigenvalue weighted by molar-refractivity contribution is 6.40. The summed E-state index contributed by atoms with van der Waals surface area (Å²) in [4.78, 5) is 6.97. The highest BCUT2D eigenvalue weighted by Gasteiger charge is 2.38. The van der Waals surface area contributed by atoms with Crippen molar-refractivity contribution in [1.29, 1.82) is 0 Å². The first-order valence-electron chi connectivity index (χ1n) is 6.31. The van der Waals surface area contributed by atoms with E-state index in [2.05, 4.69) is 19.6 Å². The Morgan fingerprint density at radius 1 is 1.21 bits per heavy atom. The van der Waals surface area contributed by atoms with Gasteiger partial charge < -0.3 is 9.09 Å². The van der Waals surface area contributed by atoms with Crippen LogP contribution >= 0.6 is 23.2 Å². The van der Waals surface area contributed by atoms with Crippen LogP contribution in [0.25, 0.3) is 11.4 Å².